The molecule has 1 aromatic heterocycles. The summed E-state index contributed by atoms with van der Waals surface area (Å²) in [6.07, 6.45) is 1.41. The smallest absolute Gasteiger partial charge is 0.325 e. The van der Waals surface area contributed by atoms with E-state index < -0.39 is 35.8 Å². The molecule has 1 fully saturated rings. The van der Waals surface area contributed by atoms with Gasteiger partial charge in [0.1, 0.15) is 12.1 Å². The van der Waals surface area contributed by atoms with Crippen molar-refractivity contribution in [2.45, 2.75) is 19.4 Å². The average Bonchev–Trinajstić information content (AvgIpc) is 3.40. The van der Waals surface area contributed by atoms with Crippen molar-refractivity contribution >= 4 is 35.1 Å². The van der Waals surface area contributed by atoms with Gasteiger partial charge in [0.2, 0.25) is 5.91 Å². The monoisotopic (exact) mass is 446 g/mol. The molecule has 0 bridgehead atoms. The number of hydrogen-bond acceptors (Lipinski definition) is 5. The highest BCUT2D eigenvalue weighted by Gasteiger charge is 2.49. The maximum absolute atomic E-state index is 13.0. The Labute approximate surface area is 189 Å². The van der Waals surface area contributed by atoms with Crippen LogP contribution in [0.25, 0.3) is 0 Å². The molecule has 0 spiro atoms. The minimum absolute atomic E-state index is 0.179. The van der Waals surface area contributed by atoms with Crippen molar-refractivity contribution in [1.82, 2.24) is 10.2 Å². The molecular weight excluding hydrogens is 424 g/mol. The van der Waals surface area contributed by atoms with Crippen LogP contribution in [0.1, 0.15) is 28.6 Å². The lowest BCUT2D eigenvalue weighted by Crippen LogP contribution is -2.42. The summed E-state index contributed by atoms with van der Waals surface area (Å²) in [7, 11) is 0. The second-order valence-electron chi connectivity index (χ2n) is 7.87. The molecule has 1 unspecified atom stereocenters. The van der Waals surface area contributed by atoms with Gasteiger partial charge in [-0.2, -0.15) is 0 Å². The van der Waals surface area contributed by atoms with Gasteiger partial charge in [-0.05, 0) is 55.8 Å². The lowest BCUT2D eigenvalue weighted by molar-refractivity contribution is -0.133. The number of hydrogen-bond donors (Lipinski definition) is 3. The van der Waals surface area contributed by atoms with Crippen molar-refractivity contribution in [3.8, 4) is 0 Å². The fraction of sp³-hybridized carbons (Fsp3) is 0.167. The van der Waals surface area contributed by atoms with Crippen molar-refractivity contribution in [1.29, 1.82) is 0 Å². The Morgan fingerprint density at radius 1 is 0.970 bits per heavy atom. The van der Waals surface area contributed by atoms with Gasteiger partial charge in [0.25, 0.3) is 11.8 Å². The minimum atomic E-state index is -1.24. The number of carbonyl (C=O) groups excluding carboxylic acids is 4. The van der Waals surface area contributed by atoms with E-state index in [0.717, 1.165) is 10.5 Å². The summed E-state index contributed by atoms with van der Waals surface area (Å²) in [6, 6.07) is 16.2. The highest BCUT2D eigenvalue weighted by Crippen LogP contribution is 2.29. The fourth-order valence-electron chi connectivity index (χ4n) is 3.50. The predicted octanol–water partition coefficient (Wildman–Crippen LogP) is 3.25. The molecule has 3 N–H and O–H groups in total. The van der Waals surface area contributed by atoms with E-state index in [2.05, 4.69) is 16.0 Å². The Kier molecular flexibility index (Phi) is 5.70. The molecule has 1 aliphatic rings. The Morgan fingerprint density at radius 2 is 1.61 bits per heavy atom. The first-order chi connectivity index (χ1) is 15.8. The summed E-state index contributed by atoms with van der Waals surface area (Å²) in [6.45, 7) is 3.12. The van der Waals surface area contributed by atoms with Crippen LogP contribution in [0.2, 0.25) is 0 Å². The quantitative estimate of drug-likeness (QED) is 0.502. The molecule has 1 atom stereocenters. The third-order valence-electron chi connectivity index (χ3n) is 5.38. The van der Waals surface area contributed by atoms with Crippen molar-refractivity contribution in [3.05, 3.63) is 83.8 Å². The van der Waals surface area contributed by atoms with E-state index in [0.29, 0.717) is 16.9 Å². The minimum Gasteiger partial charge on any atom is -0.459 e. The Bertz CT molecular complexity index is 1200. The zero-order chi connectivity index (χ0) is 23.6. The van der Waals surface area contributed by atoms with Crippen molar-refractivity contribution in [2.24, 2.45) is 0 Å². The molecule has 0 saturated carbocycles. The summed E-state index contributed by atoms with van der Waals surface area (Å²) in [5.74, 6) is -1.24. The van der Waals surface area contributed by atoms with E-state index in [-0.39, 0.29) is 5.76 Å². The van der Waals surface area contributed by atoms with Gasteiger partial charge in [-0.25, -0.2) is 4.79 Å². The second kappa shape index (κ2) is 8.62. The van der Waals surface area contributed by atoms with E-state index in [1.165, 1.54) is 6.26 Å². The van der Waals surface area contributed by atoms with E-state index in [1.54, 1.807) is 55.5 Å². The third kappa shape index (κ3) is 4.47. The topological polar surface area (TPSA) is 121 Å². The highest BCUT2D eigenvalue weighted by molar-refractivity contribution is 6.10. The van der Waals surface area contributed by atoms with Crippen LogP contribution < -0.4 is 16.0 Å². The molecule has 1 saturated heterocycles. The summed E-state index contributed by atoms with van der Waals surface area (Å²) in [5, 5.41) is 8.00. The van der Waals surface area contributed by atoms with Gasteiger partial charge in [-0.1, -0.05) is 29.8 Å². The number of amides is 5. The van der Waals surface area contributed by atoms with Gasteiger partial charge >= 0.3 is 6.03 Å². The van der Waals surface area contributed by atoms with Gasteiger partial charge in [-0.15, -0.1) is 0 Å². The summed E-state index contributed by atoms with van der Waals surface area (Å²) < 4.78 is 5.04. The molecule has 33 heavy (non-hydrogen) atoms. The summed E-state index contributed by atoms with van der Waals surface area (Å²) in [4.78, 5) is 50.8. The lowest BCUT2D eigenvalue weighted by Gasteiger charge is -2.22. The van der Waals surface area contributed by atoms with E-state index in [1.807, 2.05) is 19.1 Å². The molecule has 9 heteroatoms. The van der Waals surface area contributed by atoms with Crippen molar-refractivity contribution in [3.63, 3.8) is 0 Å². The molecule has 0 aliphatic carbocycles. The van der Waals surface area contributed by atoms with Crippen molar-refractivity contribution < 1.29 is 23.6 Å². The predicted molar refractivity (Wildman–Crippen MR) is 121 cm³/mol. The Morgan fingerprint density at radius 3 is 2.21 bits per heavy atom. The van der Waals surface area contributed by atoms with Crippen LogP contribution in [0.15, 0.2) is 71.3 Å². The molecular formula is C24H22N4O5. The number of anilines is 2. The second-order valence-corrected chi connectivity index (χ2v) is 7.87. The average molecular weight is 446 g/mol. The number of benzene rings is 2. The number of nitrogens with zero attached hydrogens (tertiary/aromatic N) is 1. The zero-order valence-electron chi connectivity index (χ0n) is 18.0. The SMILES string of the molecule is Cc1ccc(C2(C)NC(=O)N(CC(=O)Nc3ccc(NC(=O)c4ccco4)cc3)C2=O)cc1. The van der Waals surface area contributed by atoms with Crippen LogP contribution in [0, 0.1) is 6.92 Å². The number of imide groups is 1. The molecule has 0 radical (unpaired) electrons. The van der Waals surface area contributed by atoms with Gasteiger partial charge in [-0.3, -0.25) is 19.3 Å². The molecule has 3 aromatic rings. The molecule has 5 amide bonds. The maximum atomic E-state index is 13.0. The lowest BCUT2D eigenvalue weighted by atomic mass is 9.91. The van der Waals surface area contributed by atoms with Crippen molar-refractivity contribution in [2.75, 3.05) is 17.2 Å². The van der Waals surface area contributed by atoms with Crippen LogP contribution in [-0.2, 0) is 15.1 Å². The Balaban J connectivity index is 1.37. The molecule has 1 aliphatic heterocycles. The van der Waals surface area contributed by atoms with Gasteiger partial charge < -0.3 is 20.4 Å². The third-order valence-corrected chi connectivity index (χ3v) is 5.38. The number of nitrogens with one attached hydrogen (secondary N) is 3. The number of furan rings is 1. The van der Waals surface area contributed by atoms with Gasteiger partial charge in [0.05, 0.1) is 6.26 Å². The van der Waals surface area contributed by atoms with Gasteiger partial charge in [0.15, 0.2) is 5.76 Å². The molecule has 4 rings (SSSR count). The van der Waals surface area contributed by atoms with Crippen LogP contribution in [0.3, 0.4) is 0 Å². The normalized spacial score (nSPS) is 17.6. The van der Waals surface area contributed by atoms with Crippen LogP contribution in [-0.4, -0.2) is 35.2 Å². The largest absolute Gasteiger partial charge is 0.459 e. The van der Waals surface area contributed by atoms with Crippen LogP contribution >= 0.6 is 0 Å². The zero-order valence-corrected chi connectivity index (χ0v) is 18.0. The van der Waals surface area contributed by atoms with E-state index in [4.69, 9.17) is 4.42 Å². The first kappa shape index (κ1) is 21.8. The Hall–Kier alpha value is -4.40. The molecule has 9 nitrogen and oxygen atoms in total. The maximum Gasteiger partial charge on any atom is 0.325 e. The number of urea groups is 1. The molecule has 2 heterocycles. The number of aryl methyl sites for hydroxylation is 1. The summed E-state index contributed by atoms with van der Waals surface area (Å²) in [5.41, 5.74) is 1.39. The van der Waals surface area contributed by atoms with E-state index >= 15 is 0 Å². The highest BCUT2D eigenvalue weighted by atomic mass is 16.3. The first-order valence-electron chi connectivity index (χ1n) is 10.2. The standard InChI is InChI=1S/C24H22N4O5/c1-15-5-7-16(8-6-15)24(2)22(31)28(23(32)27-24)14-20(29)25-17-9-11-18(12-10-17)26-21(30)19-4-3-13-33-19/h3-13H,14H2,1-2H3,(H,25,29)(H,26,30)(H,27,32). The van der Waals surface area contributed by atoms with Crippen LogP contribution in [0.5, 0.6) is 0 Å². The summed E-state index contributed by atoms with van der Waals surface area (Å²) >= 11 is 0. The first-order valence-corrected chi connectivity index (χ1v) is 10.2. The van der Waals surface area contributed by atoms with E-state index in [9.17, 15) is 19.2 Å². The van der Waals surface area contributed by atoms with Crippen LogP contribution in [0.4, 0.5) is 16.2 Å². The number of carbonyl (C=O) groups is 4. The number of rotatable bonds is 6. The molecule has 168 valence electrons. The fourth-order valence-corrected chi connectivity index (χ4v) is 3.50. The van der Waals surface area contributed by atoms with Gasteiger partial charge in [0, 0.05) is 11.4 Å². The molecule has 2 aromatic carbocycles.